The first-order valence-corrected chi connectivity index (χ1v) is 3.18. The zero-order valence-corrected chi connectivity index (χ0v) is 6.53. The van der Waals surface area contributed by atoms with Gasteiger partial charge in [-0.2, -0.15) is 0 Å². The number of hydrogen-bond acceptors (Lipinski definition) is 3. The molecule has 0 rings (SSSR count). The summed E-state index contributed by atoms with van der Waals surface area (Å²) in [6, 6.07) is 0. The zero-order valence-electron chi connectivity index (χ0n) is 5.63. The third-order valence-corrected chi connectivity index (χ3v) is 0.977. The number of halogens is 1. The van der Waals surface area contributed by atoms with Crippen molar-refractivity contribution in [3.8, 4) is 0 Å². The van der Waals surface area contributed by atoms with Crippen molar-refractivity contribution in [2.45, 2.75) is 13.1 Å². The van der Waals surface area contributed by atoms with E-state index in [4.69, 9.17) is 0 Å². The summed E-state index contributed by atoms with van der Waals surface area (Å²) < 4.78 is 16.6. The third kappa shape index (κ3) is 5.84. The first-order valence-electron chi connectivity index (χ1n) is 2.81. The summed E-state index contributed by atoms with van der Waals surface area (Å²) in [6.45, 7) is 1.20. The average molecular weight is 167 g/mol. The lowest BCUT2D eigenvalue weighted by atomic mass is 10.4. The molecule has 0 aliphatic rings. The van der Waals surface area contributed by atoms with Crippen LogP contribution in [-0.4, -0.2) is 25.2 Å². The van der Waals surface area contributed by atoms with E-state index in [9.17, 15) is 9.18 Å². The molecular formula is C5H10FNO2S. The fourth-order valence-corrected chi connectivity index (χ4v) is 0.556. The van der Waals surface area contributed by atoms with Crippen LogP contribution in [0, 0.1) is 0 Å². The Balaban J connectivity index is 3.21. The van der Waals surface area contributed by atoms with E-state index in [1.165, 1.54) is 6.92 Å². The van der Waals surface area contributed by atoms with Crippen molar-refractivity contribution in [3.05, 3.63) is 0 Å². The highest BCUT2D eigenvalue weighted by atomic mass is 32.1. The Morgan fingerprint density at radius 2 is 2.50 bits per heavy atom. The zero-order chi connectivity index (χ0) is 7.98. The molecule has 0 aromatic rings. The molecule has 60 valence electrons. The second-order valence-electron chi connectivity index (χ2n) is 1.83. The monoisotopic (exact) mass is 167 g/mol. The minimum atomic E-state index is -1.18. The van der Waals surface area contributed by atoms with Crippen molar-refractivity contribution in [2.75, 3.05) is 13.2 Å². The van der Waals surface area contributed by atoms with Crippen LogP contribution < -0.4 is 5.32 Å². The Labute approximate surface area is 64.6 Å². The molecule has 0 heterocycles. The number of thiol groups is 1. The fourth-order valence-electron chi connectivity index (χ4n) is 0.394. The molecule has 5 heteroatoms. The van der Waals surface area contributed by atoms with E-state index in [1.54, 1.807) is 0 Å². The number of amides is 1. The summed E-state index contributed by atoms with van der Waals surface area (Å²) in [5.41, 5.74) is 0. The highest BCUT2D eigenvalue weighted by molar-refractivity contribution is 7.75. The van der Waals surface area contributed by atoms with Gasteiger partial charge in [-0.15, -0.1) is 0 Å². The SMILES string of the molecule is CC(=O)NCC(F)COS. The van der Waals surface area contributed by atoms with E-state index in [-0.39, 0.29) is 19.1 Å². The Hall–Kier alpha value is -0.290. The van der Waals surface area contributed by atoms with E-state index >= 15 is 0 Å². The van der Waals surface area contributed by atoms with Crippen LogP contribution in [0.2, 0.25) is 0 Å². The van der Waals surface area contributed by atoms with Gasteiger partial charge in [0, 0.05) is 6.92 Å². The predicted octanol–water partition coefficient (Wildman–Crippen LogP) is 0.322. The highest BCUT2D eigenvalue weighted by Gasteiger charge is 2.05. The summed E-state index contributed by atoms with van der Waals surface area (Å²) in [5, 5.41) is 2.30. The van der Waals surface area contributed by atoms with E-state index in [1.807, 2.05) is 0 Å². The maximum Gasteiger partial charge on any atom is 0.216 e. The topological polar surface area (TPSA) is 38.3 Å². The van der Waals surface area contributed by atoms with Gasteiger partial charge in [0.15, 0.2) is 0 Å². The molecule has 3 nitrogen and oxygen atoms in total. The number of hydrogen-bond donors (Lipinski definition) is 2. The predicted molar refractivity (Wildman–Crippen MR) is 38.5 cm³/mol. The molecule has 0 fully saturated rings. The first-order chi connectivity index (χ1) is 4.66. The molecule has 0 saturated heterocycles. The fraction of sp³-hybridized carbons (Fsp3) is 0.800. The number of nitrogens with one attached hydrogen (secondary N) is 1. The first kappa shape index (κ1) is 9.71. The molecule has 0 bridgehead atoms. The summed E-state index contributed by atoms with van der Waals surface area (Å²) in [5.74, 6) is -0.248. The van der Waals surface area contributed by atoms with Crippen LogP contribution in [0.3, 0.4) is 0 Å². The molecule has 1 atom stereocenters. The maximum atomic E-state index is 12.4. The standard InChI is InChI=1S/C5H10FNO2S/c1-4(8)7-2-5(6)3-9-10/h5,10H,2-3H2,1H3,(H,7,8). The van der Waals surface area contributed by atoms with Crippen molar-refractivity contribution in [2.24, 2.45) is 0 Å². The van der Waals surface area contributed by atoms with Crippen molar-refractivity contribution < 1.29 is 13.4 Å². The summed E-state index contributed by atoms with van der Waals surface area (Å²) >= 11 is 3.35. The van der Waals surface area contributed by atoms with E-state index in [2.05, 4.69) is 22.4 Å². The largest absolute Gasteiger partial charge is 0.353 e. The lowest BCUT2D eigenvalue weighted by Crippen LogP contribution is -2.29. The Morgan fingerprint density at radius 3 is 2.90 bits per heavy atom. The molecule has 0 spiro atoms. The van der Waals surface area contributed by atoms with Crippen LogP contribution in [-0.2, 0) is 8.98 Å². The Morgan fingerprint density at radius 1 is 1.90 bits per heavy atom. The van der Waals surface area contributed by atoms with E-state index in [0.717, 1.165) is 0 Å². The number of carbonyl (C=O) groups excluding carboxylic acids is 1. The van der Waals surface area contributed by atoms with Gasteiger partial charge in [0.05, 0.1) is 13.2 Å². The maximum absolute atomic E-state index is 12.4. The quantitative estimate of drug-likeness (QED) is 0.467. The van der Waals surface area contributed by atoms with Crippen LogP contribution in [0.4, 0.5) is 4.39 Å². The number of carbonyl (C=O) groups is 1. The van der Waals surface area contributed by atoms with Crippen molar-refractivity contribution >= 4 is 18.8 Å². The van der Waals surface area contributed by atoms with Gasteiger partial charge in [-0.1, -0.05) is 0 Å². The normalized spacial score (nSPS) is 12.7. The summed E-state index contributed by atoms with van der Waals surface area (Å²) in [4.78, 5) is 10.2. The second kappa shape index (κ2) is 5.49. The number of alkyl halides is 1. The van der Waals surface area contributed by atoms with Crippen molar-refractivity contribution in [3.63, 3.8) is 0 Å². The molecule has 0 aliphatic carbocycles. The van der Waals surface area contributed by atoms with E-state index in [0.29, 0.717) is 0 Å². The summed E-state index contributed by atoms with van der Waals surface area (Å²) in [7, 11) is 0. The van der Waals surface area contributed by atoms with Crippen LogP contribution in [0.15, 0.2) is 0 Å². The van der Waals surface area contributed by atoms with Crippen LogP contribution >= 0.6 is 12.9 Å². The molecule has 1 unspecified atom stereocenters. The molecule has 0 saturated carbocycles. The molecule has 1 N–H and O–H groups in total. The van der Waals surface area contributed by atoms with Crippen molar-refractivity contribution in [1.29, 1.82) is 0 Å². The molecule has 0 aromatic carbocycles. The van der Waals surface area contributed by atoms with Gasteiger partial charge in [-0.25, -0.2) is 4.39 Å². The lowest BCUT2D eigenvalue weighted by Gasteiger charge is -2.05. The Kier molecular flexibility index (Phi) is 5.33. The minimum Gasteiger partial charge on any atom is -0.353 e. The molecule has 0 aromatic heterocycles. The summed E-state index contributed by atoms with van der Waals surface area (Å²) in [6.07, 6.45) is -1.18. The van der Waals surface area contributed by atoms with Crippen molar-refractivity contribution in [1.82, 2.24) is 5.32 Å². The average Bonchev–Trinajstić information content (AvgIpc) is 1.85. The van der Waals surface area contributed by atoms with Gasteiger partial charge in [0.1, 0.15) is 6.17 Å². The van der Waals surface area contributed by atoms with Gasteiger partial charge in [0.2, 0.25) is 5.91 Å². The van der Waals surface area contributed by atoms with Gasteiger partial charge in [-0.05, 0) is 12.9 Å². The third-order valence-electron chi connectivity index (χ3n) is 0.828. The van der Waals surface area contributed by atoms with Crippen LogP contribution in [0.1, 0.15) is 6.92 Å². The van der Waals surface area contributed by atoms with Crippen LogP contribution in [0.25, 0.3) is 0 Å². The van der Waals surface area contributed by atoms with Gasteiger partial charge >= 0.3 is 0 Å². The second-order valence-corrected chi connectivity index (χ2v) is 2.09. The molecule has 0 aliphatic heterocycles. The Bertz CT molecular complexity index is 112. The minimum absolute atomic E-state index is 0.0180. The van der Waals surface area contributed by atoms with E-state index < -0.39 is 6.17 Å². The molecule has 10 heavy (non-hydrogen) atoms. The molecule has 0 radical (unpaired) electrons. The van der Waals surface area contributed by atoms with Crippen LogP contribution in [0.5, 0.6) is 0 Å². The molecular weight excluding hydrogens is 157 g/mol. The van der Waals surface area contributed by atoms with Gasteiger partial charge in [-0.3, -0.25) is 4.79 Å². The highest BCUT2D eigenvalue weighted by Crippen LogP contribution is 1.91. The van der Waals surface area contributed by atoms with Gasteiger partial charge in [0.25, 0.3) is 0 Å². The van der Waals surface area contributed by atoms with Gasteiger partial charge < -0.3 is 9.50 Å². The lowest BCUT2D eigenvalue weighted by molar-refractivity contribution is -0.119. The smallest absolute Gasteiger partial charge is 0.216 e. The number of rotatable bonds is 4. The molecule has 1 amide bonds.